The molecule has 0 unspecified atom stereocenters. The minimum atomic E-state index is -0.497. The van der Waals surface area contributed by atoms with E-state index in [9.17, 15) is 9.59 Å². The molecule has 2 rings (SSSR count). The first-order chi connectivity index (χ1) is 9.16. The zero-order chi connectivity index (χ0) is 13.7. The summed E-state index contributed by atoms with van der Waals surface area (Å²) < 4.78 is 5.38. The second-order valence-electron chi connectivity index (χ2n) is 4.84. The molecule has 0 aromatic heterocycles. The summed E-state index contributed by atoms with van der Waals surface area (Å²) in [7, 11) is 0. The minimum absolute atomic E-state index is 0.0222. The lowest BCUT2D eigenvalue weighted by Crippen LogP contribution is -2.19. The predicted molar refractivity (Wildman–Crippen MR) is 73.4 cm³/mol. The van der Waals surface area contributed by atoms with Crippen LogP contribution in [0.3, 0.4) is 0 Å². The monoisotopic (exact) mass is 258 g/mol. The van der Waals surface area contributed by atoms with Crippen LogP contribution in [0.4, 0.5) is 0 Å². The number of esters is 1. The summed E-state index contributed by atoms with van der Waals surface area (Å²) in [6.45, 7) is 1.39. The topological polar surface area (TPSA) is 43.4 Å². The maximum Gasteiger partial charge on any atom is 0.342 e. The second-order valence-corrected chi connectivity index (χ2v) is 4.84. The molecule has 0 radical (unpaired) electrons. The van der Waals surface area contributed by atoms with E-state index in [0.717, 1.165) is 31.2 Å². The Morgan fingerprint density at radius 2 is 1.79 bits per heavy atom. The largest absolute Gasteiger partial charge is 0.459 e. The van der Waals surface area contributed by atoms with Crippen molar-refractivity contribution in [3.05, 3.63) is 41.5 Å². The number of ether oxygens (including phenoxy) is 1. The smallest absolute Gasteiger partial charge is 0.342 e. The minimum Gasteiger partial charge on any atom is -0.459 e. The summed E-state index contributed by atoms with van der Waals surface area (Å²) in [4.78, 5) is 23.6. The molecule has 1 fully saturated rings. The van der Waals surface area contributed by atoms with Gasteiger partial charge >= 0.3 is 5.97 Å². The Labute approximate surface area is 113 Å². The van der Waals surface area contributed by atoms with Crippen LogP contribution in [0.25, 0.3) is 6.08 Å². The Balaban J connectivity index is 2.13. The predicted octanol–water partition coefficient (Wildman–Crippen LogP) is 3.14. The molecule has 100 valence electrons. The highest BCUT2D eigenvalue weighted by Gasteiger charge is 2.23. The second kappa shape index (κ2) is 6.32. The van der Waals surface area contributed by atoms with Gasteiger partial charge in [-0.2, -0.15) is 0 Å². The first-order valence-electron chi connectivity index (χ1n) is 6.65. The Kier molecular flexibility index (Phi) is 4.50. The lowest BCUT2D eigenvalue weighted by atomic mass is 10.1. The van der Waals surface area contributed by atoms with Gasteiger partial charge in [-0.3, -0.25) is 4.79 Å². The summed E-state index contributed by atoms with van der Waals surface area (Å²) in [5.41, 5.74) is 0.953. The van der Waals surface area contributed by atoms with Gasteiger partial charge < -0.3 is 4.74 Å². The third kappa shape index (κ3) is 3.78. The number of rotatable bonds is 4. The van der Waals surface area contributed by atoms with Crippen LogP contribution in [-0.2, 0) is 14.3 Å². The number of carbonyl (C=O) groups excluding carboxylic acids is 2. The van der Waals surface area contributed by atoms with Crippen molar-refractivity contribution in [1.29, 1.82) is 0 Å². The highest BCUT2D eigenvalue weighted by molar-refractivity contribution is 6.19. The molecule has 0 spiro atoms. The summed E-state index contributed by atoms with van der Waals surface area (Å²) in [6, 6.07) is 9.33. The van der Waals surface area contributed by atoms with Gasteiger partial charge in [0.1, 0.15) is 11.7 Å². The highest BCUT2D eigenvalue weighted by atomic mass is 16.5. The Morgan fingerprint density at radius 1 is 1.16 bits per heavy atom. The van der Waals surface area contributed by atoms with Crippen molar-refractivity contribution in [2.45, 2.75) is 38.7 Å². The number of carbonyl (C=O) groups is 2. The van der Waals surface area contributed by atoms with Crippen molar-refractivity contribution in [3.8, 4) is 0 Å². The van der Waals surface area contributed by atoms with Crippen LogP contribution in [0.2, 0.25) is 0 Å². The van der Waals surface area contributed by atoms with Crippen LogP contribution in [0, 0.1) is 0 Å². The van der Waals surface area contributed by atoms with Gasteiger partial charge in [-0.1, -0.05) is 30.3 Å². The molecule has 0 N–H and O–H groups in total. The van der Waals surface area contributed by atoms with E-state index in [1.807, 2.05) is 30.3 Å². The van der Waals surface area contributed by atoms with E-state index >= 15 is 0 Å². The van der Waals surface area contributed by atoms with E-state index in [0.29, 0.717) is 0 Å². The van der Waals surface area contributed by atoms with Crippen LogP contribution < -0.4 is 0 Å². The Morgan fingerprint density at radius 3 is 2.37 bits per heavy atom. The van der Waals surface area contributed by atoms with E-state index in [-0.39, 0.29) is 17.5 Å². The average molecular weight is 258 g/mol. The summed E-state index contributed by atoms with van der Waals surface area (Å²) in [6.07, 6.45) is 5.57. The Hall–Kier alpha value is -1.90. The quantitative estimate of drug-likeness (QED) is 0.360. The van der Waals surface area contributed by atoms with E-state index < -0.39 is 5.97 Å². The van der Waals surface area contributed by atoms with Gasteiger partial charge in [-0.25, -0.2) is 4.79 Å². The van der Waals surface area contributed by atoms with Gasteiger partial charge in [-0.05, 0) is 44.2 Å². The van der Waals surface area contributed by atoms with Gasteiger partial charge in [0, 0.05) is 0 Å². The Bertz CT molecular complexity index is 482. The molecular weight excluding hydrogens is 240 g/mol. The third-order valence-electron chi connectivity index (χ3n) is 3.29. The van der Waals surface area contributed by atoms with Crippen LogP contribution in [0.15, 0.2) is 35.9 Å². The summed E-state index contributed by atoms with van der Waals surface area (Å²) >= 11 is 0. The lowest BCUT2D eigenvalue weighted by Gasteiger charge is -2.12. The molecule has 0 atom stereocenters. The maximum absolute atomic E-state index is 12.0. The van der Waals surface area contributed by atoms with Crippen molar-refractivity contribution in [2.75, 3.05) is 0 Å². The number of hydrogen-bond donors (Lipinski definition) is 0. The fraction of sp³-hybridized carbons (Fsp3) is 0.375. The molecule has 0 aliphatic heterocycles. The van der Waals surface area contributed by atoms with Gasteiger partial charge in [0.2, 0.25) is 0 Å². The summed E-state index contributed by atoms with van der Waals surface area (Å²) in [5.74, 6) is -0.755. The highest BCUT2D eigenvalue weighted by Crippen LogP contribution is 2.22. The molecule has 1 aromatic rings. The first kappa shape index (κ1) is 13.5. The molecule has 0 heterocycles. The summed E-state index contributed by atoms with van der Waals surface area (Å²) in [5, 5.41) is 0. The molecule has 3 heteroatoms. The number of benzene rings is 1. The zero-order valence-corrected chi connectivity index (χ0v) is 11.1. The molecule has 1 saturated carbocycles. The molecule has 1 aromatic carbocycles. The van der Waals surface area contributed by atoms with Crippen LogP contribution in [0.1, 0.15) is 38.2 Å². The van der Waals surface area contributed by atoms with Crippen LogP contribution in [-0.4, -0.2) is 17.9 Å². The van der Waals surface area contributed by atoms with Gasteiger partial charge in [-0.15, -0.1) is 0 Å². The molecule has 1 aliphatic rings. The first-order valence-corrected chi connectivity index (χ1v) is 6.65. The van der Waals surface area contributed by atoms with Crippen molar-refractivity contribution in [3.63, 3.8) is 0 Å². The third-order valence-corrected chi connectivity index (χ3v) is 3.29. The van der Waals surface area contributed by atoms with Gasteiger partial charge in [0.15, 0.2) is 5.78 Å². The SMILES string of the molecule is CC(=O)/C(=C/c1ccccc1)C(=O)OC1CCCC1. The van der Waals surface area contributed by atoms with Crippen molar-refractivity contribution in [2.24, 2.45) is 0 Å². The number of Topliss-reactive ketones (excluding diaryl/α,β-unsaturated/α-hetero) is 1. The van der Waals surface area contributed by atoms with Gasteiger partial charge in [0.05, 0.1) is 0 Å². The van der Waals surface area contributed by atoms with Crippen molar-refractivity contribution in [1.82, 2.24) is 0 Å². The van der Waals surface area contributed by atoms with E-state index in [2.05, 4.69) is 0 Å². The molecule has 0 saturated heterocycles. The standard InChI is InChI=1S/C16H18O3/c1-12(17)15(11-13-7-3-2-4-8-13)16(18)19-14-9-5-6-10-14/h2-4,7-8,11,14H,5-6,9-10H2,1H3/b15-11-. The number of hydrogen-bond acceptors (Lipinski definition) is 3. The van der Waals surface area contributed by atoms with Crippen LogP contribution in [0.5, 0.6) is 0 Å². The fourth-order valence-corrected chi connectivity index (χ4v) is 2.24. The van der Waals surface area contributed by atoms with E-state index in [1.165, 1.54) is 6.92 Å². The fourth-order valence-electron chi connectivity index (χ4n) is 2.24. The number of ketones is 1. The average Bonchev–Trinajstić information content (AvgIpc) is 2.89. The van der Waals surface area contributed by atoms with Gasteiger partial charge in [0.25, 0.3) is 0 Å². The molecular formula is C16H18O3. The zero-order valence-electron chi connectivity index (χ0n) is 11.1. The molecule has 19 heavy (non-hydrogen) atoms. The molecule has 1 aliphatic carbocycles. The normalized spacial score (nSPS) is 16.4. The lowest BCUT2D eigenvalue weighted by molar-refractivity contribution is -0.144. The van der Waals surface area contributed by atoms with E-state index in [4.69, 9.17) is 4.74 Å². The maximum atomic E-state index is 12.0. The van der Waals surface area contributed by atoms with E-state index in [1.54, 1.807) is 6.08 Å². The van der Waals surface area contributed by atoms with Crippen LogP contribution >= 0.6 is 0 Å². The molecule has 0 bridgehead atoms. The molecule has 3 nitrogen and oxygen atoms in total. The van der Waals surface area contributed by atoms with Crippen molar-refractivity contribution >= 4 is 17.8 Å². The molecule has 0 amide bonds. The van der Waals surface area contributed by atoms with Crippen molar-refractivity contribution < 1.29 is 14.3 Å².